The first-order valence-corrected chi connectivity index (χ1v) is 6.76. The van der Waals surface area contributed by atoms with Gasteiger partial charge in [0.2, 0.25) is 0 Å². The van der Waals surface area contributed by atoms with Crippen molar-refractivity contribution in [3.8, 4) is 0 Å². The fourth-order valence-corrected chi connectivity index (χ4v) is 2.41. The Morgan fingerprint density at radius 2 is 1.95 bits per heavy atom. The van der Waals surface area contributed by atoms with Crippen LogP contribution in [0.2, 0.25) is 0 Å². The molecule has 106 valence electrons. The SMILES string of the molecule is CNC(CCCc1ccccc1[N+](=O)[O-])C(C)(C)C. The van der Waals surface area contributed by atoms with Crippen molar-refractivity contribution in [1.29, 1.82) is 0 Å². The van der Waals surface area contributed by atoms with Gasteiger partial charge in [-0.25, -0.2) is 0 Å². The third kappa shape index (κ3) is 4.63. The van der Waals surface area contributed by atoms with Crippen molar-refractivity contribution >= 4 is 5.69 Å². The Balaban J connectivity index is 2.61. The van der Waals surface area contributed by atoms with Gasteiger partial charge in [-0.2, -0.15) is 0 Å². The van der Waals surface area contributed by atoms with Gasteiger partial charge in [-0.3, -0.25) is 10.1 Å². The number of benzene rings is 1. The van der Waals surface area contributed by atoms with E-state index >= 15 is 0 Å². The molecule has 1 aromatic carbocycles. The van der Waals surface area contributed by atoms with Gasteiger partial charge in [-0.15, -0.1) is 0 Å². The van der Waals surface area contributed by atoms with Crippen LogP contribution in [0.15, 0.2) is 24.3 Å². The van der Waals surface area contributed by atoms with E-state index in [9.17, 15) is 10.1 Å². The van der Waals surface area contributed by atoms with Crippen molar-refractivity contribution in [3.63, 3.8) is 0 Å². The van der Waals surface area contributed by atoms with Crippen LogP contribution < -0.4 is 5.32 Å². The van der Waals surface area contributed by atoms with Gasteiger partial charge in [0.25, 0.3) is 5.69 Å². The monoisotopic (exact) mass is 264 g/mol. The van der Waals surface area contributed by atoms with Crippen molar-refractivity contribution in [1.82, 2.24) is 5.32 Å². The van der Waals surface area contributed by atoms with Gasteiger partial charge in [0.05, 0.1) is 4.92 Å². The lowest BCUT2D eigenvalue weighted by Gasteiger charge is -2.30. The van der Waals surface area contributed by atoms with Crippen LogP contribution in [0.25, 0.3) is 0 Å². The molecule has 0 heterocycles. The van der Waals surface area contributed by atoms with Gasteiger partial charge in [-0.05, 0) is 31.7 Å². The molecule has 0 fully saturated rings. The number of nitro groups is 1. The maximum atomic E-state index is 10.9. The number of nitrogens with one attached hydrogen (secondary N) is 1. The second kappa shape index (κ2) is 6.66. The number of nitro benzene ring substituents is 1. The summed E-state index contributed by atoms with van der Waals surface area (Å²) in [6.45, 7) is 6.62. The predicted molar refractivity (Wildman–Crippen MR) is 78.3 cm³/mol. The van der Waals surface area contributed by atoms with Gasteiger partial charge in [0.15, 0.2) is 0 Å². The number of hydrogen-bond donors (Lipinski definition) is 1. The number of nitrogens with zero attached hydrogens (tertiary/aromatic N) is 1. The van der Waals surface area contributed by atoms with Crippen LogP contribution in [0.3, 0.4) is 0 Å². The quantitative estimate of drug-likeness (QED) is 0.631. The number of rotatable bonds is 6. The smallest absolute Gasteiger partial charge is 0.272 e. The molecule has 19 heavy (non-hydrogen) atoms. The molecule has 0 aliphatic heterocycles. The minimum atomic E-state index is -0.297. The predicted octanol–water partition coefficient (Wildman–Crippen LogP) is 3.55. The molecule has 0 aromatic heterocycles. The summed E-state index contributed by atoms with van der Waals surface area (Å²) in [6, 6.07) is 7.43. The second-order valence-electron chi connectivity index (χ2n) is 5.99. The average molecular weight is 264 g/mol. The highest BCUT2D eigenvalue weighted by molar-refractivity contribution is 5.39. The Labute approximate surface area is 115 Å². The summed E-state index contributed by atoms with van der Waals surface area (Å²) in [5, 5.41) is 14.3. The molecule has 1 rings (SSSR count). The first-order valence-electron chi connectivity index (χ1n) is 6.76. The highest BCUT2D eigenvalue weighted by Crippen LogP contribution is 2.25. The zero-order valence-electron chi connectivity index (χ0n) is 12.3. The minimum Gasteiger partial charge on any atom is -0.316 e. The van der Waals surface area contributed by atoms with Crippen LogP contribution in [0.1, 0.15) is 39.2 Å². The fraction of sp³-hybridized carbons (Fsp3) is 0.600. The van der Waals surface area contributed by atoms with Crippen LogP contribution in [-0.2, 0) is 6.42 Å². The molecule has 1 unspecified atom stereocenters. The highest BCUT2D eigenvalue weighted by atomic mass is 16.6. The zero-order valence-corrected chi connectivity index (χ0v) is 12.3. The molecule has 0 aliphatic carbocycles. The van der Waals surface area contributed by atoms with Crippen LogP contribution in [0.4, 0.5) is 5.69 Å². The Morgan fingerprint density at radius 1 is 1.32 bits per heavy atom. The summed E-state index contributed by atoms with van der Waals surface area (Å²) in [5.74, 6) is 0. The van der Waals surface area contributed by atoms with Gasteiger partial charge in [-0.1, -0.05) is 39.0 Å². The van der Waals surface area contributed by atoms with Crippen LogP contribution in [0.5, 0.6) is 0 Å². The molecule has 0 bridgehead atoms. The van der Waals surface area contributed by atoms with E-state index in [1.54, 1.807) is 12.1 Å². The largest absolute Gasteiger partial charge is 0.316 e. The Kier molecular flexibility index (Phi) is 5.48. The summed E-state index contributed by atoms with van der Waals surface area (Å²) >= 11 is 0. The molecule has 0 amide bonds. The Morgan fingerprint density at radius 3 is 2.47 bits per heavy atom. The lowest BCUT2D eigenvalue weighted by Crippen LogP contribution is -2.37. The first-order chi connectivity index (χ1) is 8.86. The Hall–Kier alpha value is -1.42. The second-order valence-corrected chi connectivity index (χ2v) is 5.99. The molecule has 0 spiro atoms. The highest BCUT2D eigenvalue weighted by Gasteiger charge is 2.22. The molecule has 1 N–H and O–H groups in total. The van der Waals surface area contributed by atoms with E-state index in [-0.39, 0.29) is 16.0 Å². The van der Waals surface area contributed by atoms with Crippen LogP contribution in [0, 0.1) is 15.5 Å². The number of aryl methyl sites for hydroxylation is 1. The van der Waals surface area contributed by atoms with Gasteiger partial charge in [0.1, 0.15) is 0 Å². The van der Waals surface area contributed by atoms with E-state index in [0.29, 0.717) is 6.04 Å². The molecular weight excluding hydrogens is 240 g/mol. The minimum absolute atomic E-state index is 0.206. The van der Waals surface area contributed by atoms with Gasteiger partial charge < -0.3 is 5.32 Å². The third-order valence-corrected chi connectivity index (χ3v) is 3.52. The Bertz CT molecular complexity index is 424. The van der Waals surface area contributed by atoms with Gasteiger partial charge in [0, 0.05) is 17.7 Å². The topological polar surface area (TPSA) is 55.2 Å². The molecule has 1 atom stereocenters. The van der Waals surface area contributed by atoms with Crippen molar-refractivity contribution in [2.24, 2.45) is 5.41 Å². The summed E-state index contributed by atoms with van der Waals surface area (Å²) in [5.41, 5.74) is 1.27. The van der Waals surface area contributed by atoms with Crippen LogP contribution >= 0.6 is 0 Å². The van der Waals surface area contributed by atoms with Crippen molar-refractivity contribution < 1.29 is 4.92 Å². The van der Waals surface area contributed by atoms with Crippen molar-refractivity contribution in [2.75, 3.05) is 7.05 Å². The van der Waals surface area contributed by atoms with Crippen LogP contribution in [-0.4, -0.2) is 18.0 Å². The molecule has 0 aliphatic rings. The molecule has 0 radical (unpaired) electrons. The average Bonchev–Trinajstić information content (AvgIpc) is 2.33. The maximum absolute atomic E-state index is 10.9. The standard InChI is InChI=1S/C15H24N2O2/c1-15(2,3)14(16-4)11-7-9-12-8-5-6-10-13(12)17(18)19/h5-6,8,10,14,16H,7,9,11H2,1-4H3. The van der Waals surface area contributed by atoms with E-state index in [1.165, 1.54) is 0 Å². The number of para-hydroxylation sites is 1. The maximum Gasteiger partial charge on any atom is 0.272 e. The zero-order chi connectivity index (χ0) is 14.5. The first kappa shape index (κ1) is 15.6. The lowest BCUT2D eigenvalue weighted by molar-refractivity contribution is -0.385. The van der Waals surface area contributed by atoms with E-state index in [4.69, 9.17) is 0 Å². The molecule has 4 heteroatoms. The molecule has 0 saturated heterocycles. The number of hydrogen-bond acceptors (Lipinski definition) is 3. The normalized spacial score (nSPS) is 13.3. The third-order valence-electron chi connectivity index (χ3n) is 3.52. The van der Waals surface area contributed by atoms with Gasteiger partial charge >= 0.3 is 0 Å². The van der Waals surface area contributed by atoms with E-state index in [2.05, 4.69) is 26.1 Å². The molecular formula is C15H24N2O2. The van der Waals surface area contributed by atoms with Crippen molar-refractivity contribution in [3.05, 3.63) is 39.9 Å². The van der Waals surface area contributed by atoms with E-state index < -0.39 is 0 Å². The summed E-state index contributed by atoms with van der Waals surface area (Å²) in [7, 11) is 1.97. The summed E-state index contributed by atoms with van der Waals surface area (Å²) < 4.78 is 0. The summed E-state index contributed by atoms with van der Waals surface area (Å²) in [6.07, 6.45) is 2.73. The van der Waals surface area contributed by atoms with Crippen molar-refractivity contribution in [2.45, 2.75) is 46.1 Å². The van der Waals surface area contributed by atoms with E-state index in [1.807, 2.05) is 19.2 Å². The van der Waals surface area contributed by atoms with E-state index in [0.717, 1.165) is 24.8 Å². The molecule has 0 saturated carbocycles. The molecule has 4 nitrogen and oxygen atoms in total. The lowest BCUT2D eigenvalue weighted by atomic mass is 9.83. The molecule has 1 aromatic rings. The summed E-state index contributed by atoms with van der Waals surface area (Å²) in [4.78, 5) is 10.6. The fourth-order valence-electron chi connectivity index (χ4n) is 2.41.